The van der Waals surface area contributed by atoms with Gasteiger partial charge >= 0.3 is 5.69 Å². The van der Waals surface area contributed by atoms with Gasteiger partial charge < -0.3 is 44.8 Å². The predicted molar refractivity (Wildman–Crippen MR) is 91.7 cm³/mol. The number of aromatic nitrogens is 2. The van der Waals surface area contributed by atoms with Gasteiger partial charge in [-0.3, -0.25) is 14.3 Å². The van der Waals surface area contributed by atoms with Crippen molar-refractivity contribution >= 4 is 0 Å². The molecule has 0 aromatic carbocycles. The summed E-state index contributed by atoms with van der Waals surface area (Å²) in [5.74, 6) is 0. The molecule has 0 aliphatic carbocycles. The Balaban J connectivity index is 1.69. The van der Waals surface area contributed by atoms with Gasteiger partial charge in [0.25, 0.3) is 5.56 Å². The van der Waals surface area contributed by atoms with Crippen molar-refractivity contribution in [2.45, 2.75) is 62.2 Å². The average molecular weight is 420 g/mol. The van der Waals surface area contributed by atoms with Crippen LogP contribution in [0.15, 0.2) is 15.8 Å². The zero-order valence-electron chi connectivity index (χ0n) is 15.4. The molecule has 2 fully saturated rings. The van der Waals surface area contributed by atoms with Gasteiger partial charge in [-0.15, -0.1) is 0 Å². The smallest absolute Gasteiger partial charge is 0.330 e. The normalized spacial score (nSPS) is 40.3. The first-order chi connectivity index (χ1) is 13.6. The number of rotatable bonds is 5. The van der Waals surface area contributed by atoms with Crippen LogP contribution in [-0.4, -0.2) is 102 Å². The second-order valence-corrected chi connectivity index (χ2v) is 7.06. The van der Waals surface area contributed by atoms with Crippen molar-refractivity contribution in [2.24, 2.45) is 0 Å². The summed E-state index contributed by atoms with van der Waals surface area (Å²) in [5.41, 5.74) is -1.25. The standard InChI is InChI=1S/C16H24N2O11/c1-5-2-18(16(26)17-13(5)25)14-11(23)9(21)7(28-14)4-27-15-12(24)10(22)8(20)6(3-19)29-15/h2,6-12,14-15,19-24H,3-4H2,1H3,(H,17,25,26)/t6-,7-,8-,9-,10+,11-,12-,14-,15-/m1/s1. The molecule has 1 aromatic rings. The molecule has 9 atom stereocenters. The number of aliphatic hydroxyl groups is 6. The molecule has 0 radical (unpaired) electrons. The van der Waals surface area contributed by atoms with Crippen LogP contribution in [0.25, 0.3) is 0 Å². The Kier molecular flexibility index (Phi) is 6.52. The van der Waals surface area contributed by atoms with Crippen LogP contribution in [0.1, 0.15) is 11.8 Å². The second kappa shape index (κ2) is 8.59. The maximum Gasteiger partial charge on any atom is 0.330 e. The van der Waals surface area contributed by atoms with Gasteiger partial charge in [-0.2, -0.15) is 0 Å². The van der Waals surface area contributed by atoms with E-state index in [1.165, 1.54) is 13.1 Å². The fraction of sp³-hybridized carbons (Fsp3) is 0.750. The Hall–Kier alpha value is -1.68. The van der Waals surface area contributed by atoms with E-state index in [1.807, 2.05) is 0 Å². The molecule has 1 aromatic heterocycles. The van der Waals surface area contributed by atoms with Gasteiger partial charge in [0.1, 0.15) is 42.7 Å². The lowest BCUT2D eigenvalue weighted by Crippen LogP contribution is -2.59. The van der Waals surface area contributed by atoms with Crippen LogP contribution in [0.4, 0.5) is 0 Å². The maximum absolute atomic E-state index is 12.0. The van der Waals surface area contributed by atoms with E-state index < -0.39 is 79.7 Å². The van der Waals surface area contributed by atoms with E-state index in [4.69, 9.17) is 14.2 Å². The molecule has 29 heavy (non-hydrogen) atoms. The van der Waals surface area contributed by atoms with E-state index in [-0.39, 0.29) is 5.56 Å². The van der Waals surface area contributed by atoms with Gasteiger partial charge in [-0.25, -0.2) is 4.79 Å². The number of aromatic amines is 1. The lowest BCUT2D eigenvalue weighted by Gasteiger charge is -2.39. The van der Waals surface area contributed by atoms with Gasteiger partial charge in [0.15, 0.2) is 12.5 Å². The number of hydrogen-bond acceptors (Lipinski definition) is 11. The second-order valence-electron chi connectivity index (χ2n) is 7.06. The van der Waals surface area contributed by atoms with E-state index in [1.54, 1.807) is 0 Å². The Morgan fingerprint density at radius 3 is 2.31 bits per heavy atom. The zero-order valence-corrected chi connectivity index (χ0v) is 15.4. The minimum Gasteiger partial charge on any atom is -0.394 e. The lowest BCUT2D eigenvalue weighted by molar-refractivity contribution is -0.306. The number of hydrogen-bond donors (Lipinski definition) is 7. The molecule has 0 saturated carbocycles. The summed E-state index contributed by atoms with van der Waals surface area (Å²) in [6.07, 6.45) is -11.7. The number of nitrogens with one attached hydrogen (secondary N) is 1. The van der Waals surface area contributed by atoms with E-state index in [2.05, 4.69) is 4.98 Å². The van der Waals surface area contributed by atoms with Gasteiger partial charge in [-0.05, 0) is 6.92 Å². The predicted octanol–water partition coefficient (Wildman–Crippen LogP) is -4.72. The van der Waals surface area contributed by atoms with Crippen molar-refractivity contribution < 1.29 is 44.8 Å². The van der Waals surface area contributed by atoms with Crippen molar-refractivity contribution in [1.29, 1.82) is 0 Å². The summed E-state index contributed by atoms with van der Waals surface area (Å²) in [4.78, 5) is 25.6. The molecule has 2 aliphatic rings. The monoisotopic (exact) mass is 420 g/mol. The van der Waals surface area contributed by atoms with Crippen molar-refractivity contribution in [3.63, 3.8) is 0 Å². The topological polar surface area (TPSA) is 204 Å². The summed E-state index contributed by atoms with van der Waals surface area (Å²) in [7, 11) is 0. The van der Waals surface area contributed by atoms with E-state index in [0.29, 0.717) is 0 Å². The quantitative estimate of drug-likeness (QED) is 0.241. The SMILES string of the molecule is Cc1cn([C@@H]2O[C@H](CO[C@@H]3O[C@H](CO)[C@@H](O)[C@H](O)[C@H]3O)[C@@H](O)[C@H]2O)c(=O)[nH]c1=O. The van der Waals surface area contributed by atoms with Crippen molar-refractivity contribution in [2.75, 3.05) is 13.2 Å². The minimum absolute atomic E-state index is 0.191. The van der Waals surface area contributed by atoms with E-state index in [9.17, 15) is 40.2 Å². The van der Waals surface area contributed by atoms with Crippen LogP contribution in [0.3, 0.4) is 0 Å². The first kappa shape index (κ1) is 22.0. The number of nitrogens with zero attached hydrogens (tertiary/aromatic N) is 1. The Bertz CT molecular complexity index is 824. The number of H-pyrrole nitrogens is 1. The number of aliphatic hydroxyl groups excluding tert-OH is 6. The summed E-state index contributed by atoms with van der Waals surface area (Å²) < 4.78 is 16.9. The lowest BCUT2D eigenvalue weighted by atomic mass is 9.99. The molecule has 13 heteroatoms. The molecule has 2 saturated heterocycles. The van der Waals surface area contributed by atoms with Crippen LogP contribution < -0.4 is 11.2 Å². The third-order valence-electron chi connectivity index (χ3n) is 5.03. The van der Waals surface area contributed by atoms with Crippen LogP contribution >= 0.6 is 0 Å². The molecule has 0 amide bonds. The fourth-order valence-electron chi connectivity index (χ4n) is 3.27. The zero-order chi connectivity index (χ0) is 21.5. The molecule has 164 valence electrons. The summed E-state index contributed by atoms with van der Waals surface area (Å²) in [6.45, 7) is 0.392. The average Bonchev–Trinajstić information content (AvgIpc) is 2.97. The summed E-state index contributed by atoms with van der Waals surface area (Å²) >= 11 is 0. The molecule has 7 N–H and O–H groups in total. The summed E-state index contributed by atoms with van der Waals surface area (Å²) in [6, 6.07) is 0. The van der Waals surface area contributed by atoms with Gasteiger partial charge in [0.05, 0.1) is 13.2 Å². The highest BCUT2D eigenvalue weighted by molar-refractivity contribution is 5.03. The third-order valence-corrected chi connectivity index (χ3v) is 5.03. The Morgan fingerprint density at radius 2 is 1.66 bits per heavy atom. The molecule has 2 aliphatic heterocycles. The van der Waals surface area contributed by atoms with Crippen LogP contribution in [0, 0.1) is 6.92 Å². The van der Waals surface area contributed by atoms with Crippen molar-refractivity contribution in [1.82, 2.24) is 9.55 Å². The van der Waals surface area contributed by atoms with Gasteiger partial charge in [-0.1, -0.05) is 0 Å². The minimum atomic E-state index is -1.64. The number of aryl methyl sites for hydroxylation is 1. The van der Waals surface area contributed by atoms with Crippen molar-refractivity contribution in [3.8, 4) is 0 Å². The Labute approximate surface area is 163 Å². The fourth-order valence-corrected chi connectivity index (χ4v) is 3.27. The molecule has 0 bridgehead atoms. The molecule has 13 nitrogen and oxygen atoms in total. The highest BCUT2D eigenvalue weighted by Crippen LogP contribution is 2.30. The molecular weight excluding hydrogens is 396 g/mol. The van der Waals surface area contributed by atoms with E-state index in [0.717, 1.165) is 4.57 Å². The molecular formula is C16H24N2O11. The number of ether oxygens (including phenoxy) is 3. The van der Waals surface area contributed by atoms with Crippen LogP contribution in [0.2, 0.25) is 0 Å². The molecule has 3 heterocycles. The Morgan fingerprint density at radius 1 is 1.00 bits per heavy atom. The molecule has 0 spiro atoms. The van der Waals surface area contributed by atoms with Crippen LogP contribution in [0.5, 0.6) is 0 Å². The first-order valence-electron chi connectivity index (χ1n) is 8.91. The van der Waals surface area contributed by atoms with Crippen LogP contribution in [-0.2, 0) is 14.2 Å². The highest BCUT2D eigenvalue weighted by Gasteiger charge is 2.47. The maximum atomic E-state index is 12.0. The molecule has 3 rings (SSSR count). The molecule has 0 unspecified atom stereocenters. The van der Waals surface area contributed by atoms with Gasteiger partial charge in [0, 0.05) is 11.8 Å². The largest absolute Gasteiger partial charge is 0.394 e. The van der Waals surface area contributed by atoms with Gasteiger partial charge in [0.2, 0.25) is 0 Å². The van der Waals surface area contributed by atoms with E-state index >= 15 is 0 Å². The third kappa shape index (κ3) is 4.14. The first-order valence-corrected chi connectivity index (χ1v) is 8.91. The summed E-state index contributed by atoms with van der Waals surface area (Å²) in [5, 5.41) is 59.1. The highest BCUT2D eigenvalue weighted by atomic mass is 16.7. The van der Waals surface area contributed by atoms with Crippen molar-refractivity contribution in [3.05, 3.63) is 32.6 Å².